The number of aryl methyl sites for hydroxylation is 2. The number of benzene rings is 2. The predicted molar refractivity (Wildman–Crippen MR) is 114 cm³/mol. The maximum atomic E-state index is 12.5. The number of carbonyl (C=O) groups excluding carboxylic acids is 1. The largest absolute Gasteiger partial charge is 0.493 e. The summed E-state index contributed by atoms with van der Waals surface area (Å²) in [6, 6.07) is 11.7. The van der Waals surface area contributed by atoms with E-state index in [1.165, 1.54) is 11.3 Å². The molecule has 0 fully saturated rings. The topological polar surface area (TPSA) is 60.5 Å². The molecule has 1 N–H and O–H groups in total. The summed E-state index contributed by atoms with van der Waals surface area (Å²) in [5, 5.41) is 5.81. The number of hydrogen-bond donors (Lipinski definition) is 1. The molecule has 0 aliphatic carbocycles. The Morgan fingerprint density at radius 1 is 1.14 bits per heavy atom. The van der Waals surface area contributed by atoms with Crippen molar-refractivity contribution in [3.8, 4) is 22.1 Å². The van der Waals surface area contributed by atoms with E-state index in [4.69, 9.17) is 9.47 Å². The van der Waals surface area contributed by atoms with Crippen LogP contribution < -0.4 is 14.8 Å². The highest BCUT2D eigenvalue weighted by atomic mass is 32.1. The van der Waals surface area contributed by atoms with Crippen molar-refractivity contribution in [1.82, 2.24) is 4.98 Å². The molecule has 6 heteroatoms. The molecule has 5 nitrogen and oxygen atoms in total. The van der Waals surface area contributed by atoms with Crippen molar-refractivity contribution < 1.29 is 14.3 Å². The minimum Gasteiger partial charge on any atom is -0.493 e. The zero-order valence-corrected chi connectivity index (χ0v) is 17.4. The first kappa shape index (κ1) is 19.9. The van der Waals surface area contributed by atoms with E-state index in [2.05, 4.69) is 17.2 Å². The lowest BCUT2D eigenvalue weighted by molar-refractivity contribution is -0.115. The molecule has 0 radical (unpaired) electrons. The molecule has 0 unspecified atom stereocenters. The Bertz CT molecular complexity index is 982. The van der Waals surface area contributed by atoms with E-state index < -0.39 is 0 Å². The molecule has 0 aliphatic rings. The third-order valence-corrected chi connectivity index (χ3v) is 5.47. The average Bonchev–Trinajstić information content (AvgIpc) is 3.17. The van der Waals surface area contributed by atoms with Crippen molar-refractivity contribution in [3.05, 3.63) is 58.6 Å². The monoisotopic (exact) mass is 396 g/mol. The molecule has 0 spiro atoms. The molecule has 1 aromatic heterocycles. The molecule has 1 amide bonds. The Morgan fingerprint density at radius 3 is 2.64 bits per heavy atom. The van der Waals surface area contributed by atoms with Crippen molar-refractivity contribution in [2.24, 2.45) is 0 Å². The number of amides is 1. The SMILES string of the molecule is CCc1cccc(C)c1NC(=O)Cc1csc(-c2ccc(OC)c(OC)c2)n1. The Kier molecular flexibility index (Phi) is 6.31. The van der Waals surface area contributed by atoms with Gasteiger partial charge < -0.3 is 14.8 Å². The molecule has 146 valence electrons. The van der Waals surface area contributed by atoms with Crippen LogP contribution in [0.25, 0.3) is 10.6 Å². The summed E-state index contributed by atoms with van der Waals surface area (Å²) in [6.07, 6.45) is 1.11. The molecule has 3 aromatic rings. The number of ether oxygens (including phenoxy) is 2. The Morgan fingerprint density at radius 2 is 1.93 bits per heavy atom. The van der Waals surface area contributed by atoms with Crippen LogP contribution >= 0.6 is 11.3 Å². The first-order chi connectivity index (χ1) is 13.5. The lowest BCUT2D eigenvalue weighted by Gasteiger charge is -2.12. The van der Waals surface area contributed by atoms with Gasteiger partial charge in [-0.15, -0.1) is 11.3 Å². The van der Waals surface area contributed by atoms with Crippen LogP contribution in [-0.2, 0) is 17.6 Å². The fourth-order valence-electron chi connectivity index (χ4n) is 3.04. The highest BCUT2D eigenvalue weighted by Gasteiger charge is 2.13. The summed E-state index contributed by atoms with van der Waals surface area (Å²) < 4.78 is 10.6. The van der Waals surface area contributed by atoms with Gasteiger partial charge in [-0.3, -0.25) is 4.79 Å². The standard InChI is InChI=1S/C22H24N2O3S/c1-5-15-8-6-7-14(2)21(15)24-20(25)12-17-13-28-22(23-17)16-9-10-18(26-3)19(11-16)27-4/h6-11,13H,5,12H2,1-4H3,(H,24,25). The summed E-state index contributed by atoms with van der Waals surface area (Å²) in [7, 11) is 3.21. The first-order valence-electron chi connectivity index (χ1n) is 9.10. The highest BCUT2D eigenvalue weighted by molar-refractivity contribution is 7.13. The zero-order chi connectivity index (χ0) is 20.1. The van der Waals surface area contributed by atoms with E-state index in [0.717, 1.165) is 39.5 Å². The molecule has 0 saturated heterocycles. The number of para-hydroxylation sites is 1. The maximum Gasteiger partial charge on any atom is 0.230 e. The summed E-state index contributed by atoms with van der Waals surface area (Å²) in [5.41, 5.74) is 4.79. The quantitative estimate of drug-likeness (QED) is 0.618. The van der Waals surface area contributed by atoms with Crippen LogP contribution in [0.2, 0.25) is 0 Å². The number of nitrogens with zero attached hydrogens (tertiary/aromatic N) is 1. The molecule has 0 bridgehead atoms. The van der Waals surface area contributed by atoms with Gasteiger partial charge in [-0.1, -0.05) is 25.1 Å². The van der Waals surface area contributed by atoms with Gasteiger partial charge in [-0.05, 0) is 42.7 Å². The average molecular weight is 397 g/mol. The van der Waals surface area contributed by atoms with E-state index in [9.17, 15) is 4.79 Å². The van der Waals surface area contributed by atoms with Gasteiger partial charge in [0.15, 0.2) is 11.5 Å². The van der Waals surface area contributed by atoms with Crippen molar-refractivity contribution in [2.75, 3.05) is 19.5 Å². The van der Waals surface area contributed by atoms with Crippen molar-refractivity contribution in [1.29, 1.82) is 0 Å². The molecule has 28 heavy (non-hydrogen) atoms. The fourth-order valence-corrected chi connectivity index (χ4v) is 3.86. The number of aromatic nitrogens is 1. The van der Waals surface area contributed by atoms with Crippen LogP contribution in [0.3, 0.4) is 0 Å². The number of anilines is 1. The molecular weight excluding hydrogens is 372 g/mol. The first-order valence-corrected chi connectivity index (χ1v) is 9.98. The summed E-state index contributed by atoms with van der Waals surface area (Å²) in [6.45, 7) is 4.09. The van der Waals surface area contributed by atoms with Crippen LogP contribution in [0, 0.1) is 6.92 Å². The van der Waals surface area contributed by atoms with Crippen molar-refractivity contribution >= 4 is 22.9 Å². The van der Waals surface area contributed by atoms with E-state index in [1.54, 1.807) is 14.2 Å². The maximum absolute atomic E-state index is 12.5. The van der Waals surface area contributed by atoms with Gasteiger partial charge in [-0.25, -0.2) is 4.98 Å². The zero-order valence-electron chi connectivity index (χ0n) is 16.5. The smallest absolute Gasteiger partial charge is 0.230 e. The minimum atomic E-state index is -0.0619. The van der Waals surface area contributed by atoms with Crippen LogP contribution in [0.5, 0.6) is 11.5 Å². The summed E-state index contributed by atoms with van der Waals surface area (Å²) in [4.78, 5) is 17.2. The third kappa shape index (κ3) is 4.34. The Hall–Kier alpha value is -2.86. The second-order valence-corrected chi connectivity index (χ2v) is 7.26. The van der Waals surface area contributed by atoms with Gasteiger partial charge in [0.1, 0.15) is 5.01 Å². The lowest BCUT2D eigenvalue weighted by Crippen LogP contribution is -2.16. The Balaban J connectivity index is 1.74. The van der Waals surface area contributed by atoms with Crippen molar-refractivity contribution in [2.45, 2.75) is 26.7 Å². The van der Waals surface area contributed by atoms with E-state index in [-0.39, 0.29) is 12.3 Å². The number of hydrogen-bond acceptors (Lipinski definition) is 5. The third-order valence-electron chi connectivity index (χ3n) is 4.53. The lowest BCUT2D eigenvalue weighted by atomic mass is 10.1. The van der Waals surface area contributed by atoms with Crippen LogP contribution in [0.1, 0.15) is 23.7 Å². The van der Waals surface area contributed by atoms with Gasteiger partial charge in [0.05, 0.1) is 26.3 Å². The van der Waals surface area contributed by atoms with Crippen LogP contribution in [0.4, 0.5) is 5.69 Å². The van der Waals surface area contributed by atoms with Gasteiger partial charge in [0, 0.05) is 16.6 Å². The van der Waals surface area contributed by atoms with Crippen LogP contribution in [0.15, 0.2) is 41.8 Å². The Labute approximate surface area is 169 Å². The second kappa shape index (κ2) is 8.89. The van der Waals surface area contributed by atoms with Gasteiger partial charge in [0.25, 0.3) is 0 Å². The molecule has 0 aliphatic heterocycles. The van der Waals surface area contributed by atoms with Crippen LogP contribution in [-0.4, -0.2) is 25.1 Å². The fraction of sp³-hybridized carbons (Fsp3) is 0.273. The second-order valence-electron chi connectivity index (χ2n) is 6.40. The predicted octanol–water partition coefficient (Wildman–Crippen LogP) is 4.88. The number of nitrogens with one attached hydrogen (secondary N) is 1. The number of carbonyl (C=O) groups is 1. The molecule has 0 saturated carbocycles. The van der Waals surface area contributed by atoms with Crippen molar-refractivity contribution in [3.63, 3.8) is 0 Å². The van der Waals surface area contributed by atoms with E-state index >= 15 is 0 Å². The van der Waals surface area contributed by atoms with Gasteiger partial charge in [0.2, 0.25) is 5.91 Å². The molecule has 2 aromatic carbocycles. The van der Waals surface area contributed by atoms with Gasteiger partial charge >= 0.3 is 0 Å². The summed E-state index contributed by atoms with van der Waals surface area (Å²) in [5.74, 6) is 1.27. The molecule has 1 heterocycles. The number of thiazole rings is 1. The van der Waals surface area contributed by atoms with Gasteiger partial charge in [-0.2, -0.15) is 0 Å². The molecule has 0 atom stereocenters. The minimum absolute atomic E-state index is 0.0619. The number of rotatable bonds is 7. The highest BCUT2D eigenvalue weighted by Crippen LogP contribution is 2.33. The molecule has 3 rings (SSSR count). The number of methoxy groups -OCH3 is 2. The normalized spacial score (nSPS) is 10.6. The van der Waals surface area contributed by atoms with E-state index in [1.807, 2.05) is 48.7 Å². The van der Waals surface area contributed by atoms with E-state index in [0.29, 0.717) is 11.5 Å². The summed E-state index contributed by atoms with van der Waals surface area (Å²) >= 11 is 1.51. The molecular formula is C22H24N2O3S.